The number of carbonyl (C=O) groups is 1. The number of fused-ring (bicyclic) bond motifs is 1. The van der Waals surface area contributed by atoms with E-state index in [9.17, 15) is 13.2 Å². The Balaban J connectivity index is 1.87. The molecule has 27 heavy (non-hydrogen) atoms. The zero-order valence-corrected chi connectivity index (χ0v) is 16.3. The molecule has 0 heterocycles. The Hall–Kier alpha value is -2.54. The van der Waals surface area contributed by atoms with Gasteiger partial charge in [-0.15, -0.1) is 0 Å². The number of hydrogen-bond donors (Lipinski definition) is 1. The van der Waals surface area contributed by atoms with Crippen molar-refractivity contribution in [1.82, 2.24) is 0 Å². The molecule has 1 aliphatic carbocycles. The lowest BCUT2D eigenvalue weighted by atomic mass is 9.92. The van der Waals surface area contributed by atoms with Crippen LogP contribution in [0.4, 0.5) is 5.69 Å². The summed E-state index contributed by atoms with van der Waals surface area (Å²) in [4.78, 5) is 11.8. The number of carbonyl (C=O) groups excluding carboxylic acids is 1. The van der Waals surface area contributed by atoms with E-state index in [1.807, 2.05) is 6.07 Å². The van der Waals surface area contributed by atoms with Gasteiger partial charge in [-0.1, -0.05) is 0 Å². The second-order valence-electron chi connectivity index (χ2n) is 6.38. The molecule has 0 radical (unpaired) electrons. The van der Waals surface area contributed by atoms with E-state index in [4.69, 9.17) is 9.47 Å². The summed E-state index contributed by atoms with van der Waals surface area (Å²) in [6.07, 6.45) is 3.97. The normalized spacial score (nSPS) is 13.6. The molecule has 0 unspecified atom stereocenters. The van der Waals surface area contributed by atoms with E-state index in [2.05, 4.69) is 4.72 Å². The molecular weight excluding hydrogens is 366 g/mol. The highest BCUT2D eigenvalue weighted by atomic mass is 32.2. The van der Waals surface area contributed by atoms with Gasteiger partial charge in [0.2, 0.25) is 0 Å². The number of benzene rings is 2. The zero-order chi connectivity index (χ0) is 19.4. The minimum atomic E-state index is -3.82. The van der Waals surface area contributed by atoms with Crippen molar-refractivity contribution in [2.45, 2.75) is 37.5 Å². The summed E-state index contributed by atoms with van der Waals surface area (Å²) < 4.78 is 38.6. The lowest BCUT2D eigenvalue weighted by molar-refractivity contribution is 0.0526. The number of nitrogens with one attached hydrogen (secondary N) is 1. The van der Waals surface area contributed by atoms with E-state index >= 15 is 0 Å². The number of methoxy groups -OCH3 is 1. The van der Waals surface area contributed by atoms with E-state index in [1.54, 1.807) is 13.0 Å². The van der Waals surface area contributed by atoms with Crippen molar-refractivity contribution in [2.75, 3.05) is 18.4 Å². The molecule has 6 nitrogen and oxygen atoms in total. The highest BCUT2D eigenvalue weighted by Gasteiger charge is 2.23. The van der Waals surface area contributed by atoms with Crippen molar-refractivity contribution in [1.29, 1.82) is 0 Å². The summed E-state index contributed by atoms with van der Waals surface area (Å²) in [5, 5.41) is 0. The SMILES string of the molecule is CCOC(=O)c1ccc(NS(=O)(=O)c2cc3c(cc2OC)CCCC3)cc1. The number of sulfonamides is 1. The molecule has 0 spiro atoms. The first-order valence-corrected chi connectivity index (χ1v) is 10.4. The van der Waals surface area contributed by atoms with E-state index < -0.39 is 16.0 Å². The third kappa shape index (κ3) is 4.24. The van der Waals surface area contributed by atoms with Gasteiger partial charge in [0.15, 0.2) is 0 Å². The van der Waals surface area contributed by atoms with Crippen molar-refractivity contribution >= 4 is 21.7 Å². The van der Waals surface area contributed by atoms with E-state index in [0.717, 1.165) is 36.8 Å². The van der Waals surface area contributed by atoms with Gasteiger partial charge in [-0.2, -0.15) is 0 Å². The summed E-state index contributed by atoms with van der Waals surface area (Å²) in [5.74, 6) is -0.102. The predicted molar refractivity (Wildman–Crippen MR) is 103 cm³/mol. The average molecular weight is 389 g/mol. The van der Waals surface area contributed by atoms with Crippen molar-refractivity contribution in [3.05, 3.63) is 53.1 Å². The first-order valence-electron chi connectivity index (χ1n) is 8.94. The Morgan fingerprint density at radius 2 is 1.70 bits per heavy atom. The Morgan fingerprint density at radius 3 is 2.30 bits per heavy atom. The van der Waals surface area contributed by atoms with Crippen LogP contribution in [0.3, 0.4) is 0 Å². The first kappa shape index (κ1) is 19.2. The average Bonchev–Trinajstić information content (AvgIpc) is 2.67. The number of esters is 1. The molecule has 0 aromatic heterocycles. The lowest BCUT2D eigenvalue weighted by Gasteiger charge is -2.19. The Kier molecular flexibility index (Phi) is 5.70. The fourth-order valence-electron chi connectivity index (χ4n) is 3.21. The van der Waals surface area contributed by atoms with Gasteiger partial charge in [-0.3, -0.25) is 4.72 Å². The maximum absolute atomic E-state index is 12.9. The van der Waals surface area contributed by atoms with Crippen molar-refractivity contribution in [3.8, 4) is 5.75 Å². The standard InChI is InChI=1S/C20H23NO5S/c1-3-26-20(22)14-8-10-17(11-9-14)21-27(23,24)19-13-16-7-5-4-6-15(16)12-18(19)25-2/h8-13,21H,3-7H2,1-2H3. The van der Waals surface area contributed by atoms with Crippen LogP contribution in [0, 0.1) is 0 Å². The van der Waals surface area contributed by atoms with Crippen LogP contribution >= 0.6 is 0 Å². The minimum Gasteiger partial charge on any atom is -0.495 e. The molecule has 0 fully saturated rings. The summed E-state index contributed by atoms with van der Waals surface area (Å²) in [6.45, 7) is 2.01. The Bertz CT molecular complexity index is 936. The summed E-state index contributed by atoms with van der Waals surface area (Å²) in [7, 11) is -2.35. The molecule has 144 valence electrons. The fourth-order valence-corrected chi connectivity index (χ4v) is 4.47. The van der Waals surface area contributed by atoms with Gasteiger partial charge in [-0.25, -0.2) is 13.2 Å². The molecule has 0 bridgehead atoms. The molecule has 3 rings (SSSR count). The third-order valence-electron chi connectivity index (χ3n) is 4.57. The number of rotatable bonds is 6. The Labute approximate surface area is 159 Å². The van der Waals surface area contributed by atoms with Crippen LogP contribution in [0.5, 0.6) is 5.75 Å². The van der Waals surface area contributed by atoms with Gasteiger partial charge in [0.1, 0.15) is 10.6 Å². The highest BCUT2D eigenvalue weighted by molar-refractivity contribution is 7.92. The molecule has 0 saturated heterocycles. The minimum absolute atomic E-state index is 0.125. The van der Waals surface area contributed by atoms with Crippen LogP contribution in [0.2, 0.25) is 0 Å². The number of anilines is 1. The van der Waals surface area contributed by atoms with Crippen LogP contribution in [0.1, 0.15) is 41.3 Å². The van der Waals surface area contributed by atoms with Crippen molar-refractivity contribution in [3.63, 3.8) is 0 Å². The molecule has 7 heteroatoms. The maximum Gasteiger partial charge on any atom is 0.338 e. The van der Waals surface area contributed by atoms with Gasteiger partial charge in [0.25, 0.3) is 10.0 Å². The van der Waals surface area contributed by atoms with Gasteiger partial charge < -0.3 is 9.47 Å². The van der Waals surface area contributed by atoms with Crippen LogP contribution < -0.4 is 9.46 Å². The van der Waals surface area contributed by atoms with Crippen LogP contribution in [0.25, 0.3) is 0 Å². The quantitative estimate of drug-likeness (QED) is 0.764. The molecule has 1 N–H and O–H groups in total. The zero-order valence-electron chi connectivity index (χ0n) is 15.4. The molecule has 2 aromatic rings. The van der Waals surface area contributed by atoms with Crippen LogP contribution in [-0.4, -0.2) is 28.1 Å². The second kappa shape index (κ2) is 8.00. The van der Waals surface area contributed by atoms with Crippen molar-refractivity contribution < 1.29 is 22.7 Å². The summed E-state index contributed by atoms with van der Waals surface area (Å²) >= 11 is 0. The topological polar surface area (TPSA) is 81.7 Å². The molecule has 0 aliphatic heterocycles. The number of hydrogen-bond acceptors (Lipinski definition) is 5. The van der Waals surface area contributed by atoms with E-state index in [1.165, 1.54) is 31.4 Å². The largest absolute Gasteiger partial charge is 0.495 e. The molecule has 0 atom stereocenters. The van der Waals surface area contributed by atoms with E-state index in [0.29, 0.717) is 17.0 Å². The first-order chi connectivity index (χ1) is 12.9. The smallest absolute Gasteiger partial charge is 0.338 e. The number of aryl methyl sites for hydroxylation is 2. The molecular formula is C20H23NO5S. The second-order valence-corrected chi connectivity index (χ2v) is 8.03. The molecule has 1 aliphatic rings. The molecule has 0 amide bonds. The Morgan fingerprint density at radius 1 is 1.07 bits per heavy atom. The van der Waals surface area contributed by atoms with Crippen LogP contribution in [-0.2, 0) is 27.6 Å². The molecule has 0 saturated carbocycles. The monoisotopic (exact) mass is 389 g/mol. The van der Waals surface area contributed by atoms with Gasteiger partial charge in [-0.05, 0) is 80.1 Å². The maximum atomic E-state index is 12.9. The van der Waals surface area contributed by atoms with E-state index in [-0.39, 0.29) is 11.5 Å². The van der Waals surface area contributed by atoms with Crippen molar-refractivity contribution in [2.24, 2.45) is 0 Å². The predicted octanol–water partition coefficient (Wildman–Crippen LogP) is 3.55. The summed E-state index contributed by atoms with van der Waals surface area (Å²) in [5.41, 5.74) is 2.94. The summed E-state index contributed by atoms with van der Waals surface area (Å²) in [6, 6.07) is 9.67. The highest BCUT2D eigenvalue weighted by Crippen LogP contribution is 2.33. The molecule has 2 aromatic carbocycles. The van der Waals surface area contributed by atoms with Crippen LogP contribution in [0.15, 0.2) is 41.3 Å². The van der Waals surface area contributed by atoms with Gasteiger partial charge in [0, 0.05) is 5.69 Å². The van der Waals surface area contributed by atoms with Gasteiger partial charge in [0.05, 0.1) is 19.3 Å². The third-order valence-corrected chi connectivity index (χ3v) is 5.97. The lowest BCUT2D eigenvalue weighted by Crippen LogP contribution is -2.16. The fraction of sp³-hybridized carbons (Fsp3) is 0.350. The number of ether oxygens (including phenoxy) is 2. The van der Waals surface area contributed by atoms with Gasteiger partial charge >= 0.3 is 5.97 Å².